The summed E-state index contributed by atoms with van der Waals surface area (Å²) < 4.78 is 1.98. The molecule has 0 bridgehead atoms. The topological polar surface area (TPSA) is 38.0 Å². The van der Waals surface area contributed by atoms with Crippen LogP contribution in [-0.4, -0.2) is 21.5 Å². The first-order chi connectivity index (χ1) is 8.67. The van der Waals surface area contributed by atoms with E-state index in [0.717, 1.165) is 29.4 Å². The van der Waals surface area contributed by atoms with E-state index >= 15 is 0 Å². The third-order valence-corrected chi connectivity index (χ3v) is 4.70. The van der Waals surface area contributed by atoms with Crippen LogP contribution >= 0.6 is 11.6 Å². The van der Waals surface area contributed by atoms with E-state index in [1.165, 1.54) is 25.7 Å². The van der Waals surface area contributed by atoms with Crippen LogP contribution in [0.3, 0.4) is 0 Å². The molecule has 0 radical (unpaired) electrons. The Morgan fingerprint density at radius 1 is 1.44 bits per heavy atom. The zero-order chi connectivity index (χ0) is 13.1. The molecule has 1 aromatic heterocycles. The zero-order valence-electron chi connectivity index (χ0n) is 11.3. The van der Waals surface area contributed by atoms with E-state index in [0.29, 0.717) is 11.8 Å². The molecule has 1 saturated carbocycles. The summed E-state index contributed by atoms with van der Waals surface area (Å²) in [4.78, 5) is 0. The molecule has 1 heterocycles. The fourth-order valence-corrected chi connectivity index (χ4v) is 3.33. The number of aliphatic hydroxyl groups is 1. The fraction of sp³-hybridized carbons (Fsp3) is 0.786. The van der Waals surface area contributed by atoms with Crippen molar-refractivity contribution in [3.05, 3.63) is 16.4 Å². The lowest BCUT2D eigenvalue weighted by Gasteiger charge is -2.21. The van der Waals surface area contributed by atoms with Crippen LogP contribution in [0.4, 0.5) is 0 Å². The summed E-state index contributed by atoms with van der Waals surface area (Å²) in [6, 6.07) is 0. The lowest BCUT2D eigenvalue weighted by Crippen LogP contribution is -2.20. The average molecular weight is 271 g/mol. The van der Waals surface area contributed by atoms with Gasteiger partial charge in [0.05, 0.1) is 16.4 Å². The maximum absolute atomic E-state index is 9.64. The second-order valence-electron chi connectivity index (χ2n) is 5.35. The minimum atomic E-state index is 0.259. The van der Waals surface area contributed by atoms with Gasteiger partial charge in [-0.15, -0.1) is 0 Å². The molecule has 0 saturated heterocycles. The number of hydrogen-bond donors (Lipinski definition) is 1. The Kier molecular flexibility index (Phi) is 4.68. The van der Waals surface area contributed by atoms with E-state index in [4.69, 9.17) is 11.6 Å². The van der Waals surface area contributed by atoms with E-state index in [1.807, 2.05) is 11.6 Å². The van der Waals surface area contributed by atoms with E-state index in [2.05, 4.69) is 12.0 Å². The molecule has 1 fully saturated rings. The maximum Gasteiger partial charge on any atom is 0.0847 e. The number of aromatic nitrogens is 2. The van der Waals surface area contributed by atoms with Crippen LogP contribution in [0.25, 0.3) is 0 Å². The molecule has 1 aliphatic rings. The van der Waals surface area contributed by atoms with Gasteiger partial charge < -0.3 is 5.11 Å². The van der Waals surface area contributed by atoms with E-state index in [-0.39, 0.29) is 6.61 Å². The van der Waals surface area contributed by atoms with Gasteiger partial charge in [-0.25, -0.2) is 0 Å². The standard InChI is InChI=1S/C14H23ClN2O/c1-3-17-13(14(15)10(2)16-17)8-12(9-18)11-6-4-5-7-11/h11-12,18H,3-9H2,1-2H3. The van der Waals surface area contributed by atoms with Gasteiger partial charge >= 0.3 is 0 Å². The lowest BCUT2D eigenvalue weighted by atomic mass is 9.87. The quantitative estimate of drug-likeness (QED) is 0.892. The molecule has 0 amide bonds. The van der Waals surface area contributed by atoms with Crippen LogP contribution in [-0.2, 0) is 13.0 Å². The normalized spacial score (nSPS) is 18.4. The SMILES string of the molecule is CCn1nc(C)c(Cl)c1CC(CO)C1CCCC1. The molecule has 2 rings (SSSR count). The van der Waals surface area contributed by atoms with Crippen molar-refractivity contribution >= 4 is 11.6 Å². The number of aryl methyl sites for hydroxylation is 2. The molecule has 0 aliphatic heterocycles. The van der Waals surface area contributed by atoms with Gasteiger partial charge in [0.2, 0.25) is 0 Å². The molecule has 1 atom stereocenters. The second-order valence-corrected chi connectivity index (χ2v) is 5.73. The Morgan fingerprint density at radius 3 is 2.67 bits per heavy atom. The third kappa shape index (κ3) is 2.72. The summed E-state index contributed by atoms with van der Waals surface area (Å²) in [5.74, 6) is 0.998. The summed E-state index contributed by atoms with van der Waals surface area (Å²) in [6.45, 7) is 5.12. The van der Waals surface area contributed by atoms with Gasteiger partial charge in [0.15, 0.2) is 0 Å². The molecule has 3 nitrogen and oxygen atoms in total. The van der Waals surface area contributed by atoms with Crippen molar-refractivity contribution in [2.24, 2.45) is 11.8 Å². The minimum absolute atomic E-state index is 0.259. The monoisotopic (exact) mass is 270 g/mol. The van der Waals surface area contributed by atoms with Crippen molar-refractivity contribution in [3.8, 4) is 0 Å². The van der Waals surface area contributed by atoms with E-state index < -0.39 is 0 Å². The summed E-state index contributed by atoms with van der Waals surface area (Å²) in [6.07, 6.45) is 5.97. The maximum atomic E-state index is 9.64. The number of rotatable bonds is 5. The Balaban J connectivity index is 2.15. The molecule has 1 unspecified atom stereocenters. The highest BCUT2D eigenvalue weighted by molar-refractivity contribution is 6.31. The highest BCUT2D eigenvalue weighted by Crippen LogP contribution is 2.34. The third-order valence-electron chi connectivity index (χ3n) is 4.21. The number of aliphatic hydroxyl groups excluding tert-OH is 1. The lowest BCUT2D eigenvalue weighted by molar-refractivity contribution is 0.173. The minimum Gasteiger partial charge on any atom is -0.396 e. The second kappa shape index (κ2) is 6.07. The van der Waals surface area contributed by atoms with Crippen molar-refractivity contribution in [2.75, 3.05) is 6.61 Å². The highest BCUT2D eigenvalue weighted by Gasteiger charge is 2.27. The van der Waals surface area contributed by atoms with E-state index in [1.54, 1.807) is 0 Å². The number of halogens is 1. The zero-order valence-corrected chi connectivity index (χ0v) is 12.1. The van der Waals surface area contributed by atoms with Gasteiger partial charge in [0.25, 0.3) is 0 Å². The Morgan fingerprint density at radius 2 is 2.11 bits per heavy atom. The van der Waals surface area contributed by atoms with Crippen LogP contribution in [0, 0.1) is 18.8 Å². The van der Waals surface area contributed by atoms with Crippen molar-refractivity contribution in [3.63, 3.8) is 0 Å². The molecule has 4 heteroatoms. The van der Waals surface area contributed by atoms with Gasteiger partial charge in [-0.1, -0.05) is 37.3 Å². The van der Waals surface area contributed by atoms with Gasteiger partial charge in [0, 0.05) is 13.2 Å². The predicted molar refractivity (Wildman–Crippen MR) is 73.9 cm³/mol. The summed E-state index contributed by atoms with van der Waals surface area (Å²) in [7, 11) is 0. The summed E-state index contributed by atoms with van der Waals surface area (Å²) >= 11 is 6.34. The average Bonchev–Trinajstić information content (AvgIpc) is 2.98. The molecule has 1 N–H and O–H groups in total. The van der Waals surface area contributed by atoms with Crippen LogP contribution in [0.15, 0.2) is 0 Å². The molecule has 1 aliphatic carbocycles. The van der Waals surface area contributed by atoms with Gasteiger partial charge in [-0.05, 0) is 32.1 Å². The van der Waals surface area contributed by atoms with Crippen LogP contribution in [0.1, 0.15) is 44.0 Å². The molecule has 0 spiro atoms. The predicted octanol–water partition coefficient (Wildman–Crippen LogP) is 3.21. The molecule has 1 aromatic rings. The van der Waals surface area contributed by atoms with Crippen LogP contribution in [0.2, 0.25) is 5.02 Å². The highest BCUT2D eigenvalue weighted by atomic mass is 35.5. The first-order valence-electron chi connectivity index (χ1n) is 7.00. The Bertz CT molecular complexity index is 397. The Hall–Kier alpha value is -0.540. The summed E-state index contributed by atoms with van der Waals surface area (Å²) in [5, 5.41) is 14.9. The first kappa shape index (κ1) is 13.9. The van der Waals surface area contributed by atoms with Crippen LogP contribution in [0.5, 0.6) is 0 Å². The molecule has 18 heavy (non-hydrogen) atoms. The van der Waals surface area contributed by atoms with Crippen molar-refractivity contribution in [2.45, 2.75) is 52.5 Å². The van der Waals surface area contributed by atoms with Crippen molar-refractivity contribution in [1.29, 1.82) is 0 Å². The Labute approximate surface area is 114 Å². The molecule has 0 aromatic carbocycles. The van der Waals surface area contributed by atoms with Crippen molar-refractivity contribution in [1.82, 2.24) is 9.78 Å². The number of hydrogen-bond acceptors (Lipinski definition) is 2. The van der Waals surface area contributed by atoms with Crippen LogP contribution < -0.4 is 0 Å². The van der Waals surface area contributed by atoms with Crippen molar-refractivity contribution < 1.29 is 5.11 Å². The number of nitrogens with zero attached hydrogens (tertiary/aromatic N) is 2. The van der Waals surface area contributed by atoms with Gasteiger partial charge in [-0.2, -0.15) is 5.10 Å². The van der Waals surface area contributed by atoms with Gasteiger partial charge in [-0.3, -0.25) is 4.68 Å². The summed E-state index contributed by atoms with van der Waals surface area (Å²) in [5.41, 5.74) is 2.00. The molecular formula is C14H23ClN2O. The van der Waals surface area contributed by atoms with E-state index in [9.17, 15) is 5.11 Å². The first-order valence-corrected chi connectivity index (χ1v) is 7.37. The molecule has 102 valence electrons. The largest absolute Gasteiger partial charge is 0.396 e. The fourth-order valence-electron chi connectivity index (χ4n) is 3.12. The smallest absolute Gasteiger partial charge is 0.0847 e. The van der Waals surface area contributed by atoms with Gasteiger partial charge in [0.1, 0.15) is 0 Å². The molecular weight excluding hydrogens is 248 g/mol.